The topological polar surface area (TPSA) is 87.5 Å². The number of benzene rings is 1. The molecule has 2 amide bonds. The minimum atomic E-state index is -0.354. The minimum absolute atomic E-state index is 0.0364. The number of furan rings is 1. The van der Waals surface area contributed by atoms with Crippen LogP contribution in [-0.2, 0) is 17.8 Å². The number of rotatable bonds is 7. The third-order valence-corrected chi connectivity index (χ3v) is 5.87. The SMILES string of the molecule is O=C(Cc1csc(NC(=O)c2ccco2)n1)NC1CCN(Cc2ccccc2)CC1. The van der Waals surface area contributed by atoms with Crippen LogP contribution in [0.4, 0.5) is 5.13 Å². The third kappa shape index (κ3) is 5.55. The Kier molecular flexibility index (Phi) is 6.56. The van der Waals surface area contributed by atoms with Crippen molar-refractivity contribution in [1.82, 2.24) is 15.2 Å². The molecule has 8 heteroatoms. The Bertz CT molecular complexity index is 963. The molecule has 0 unspecified atom stereocenters. The van der Waals surface area contributed by atoms with E-state index in [4.69, 9.17) is 4.42 Å². The molecule has 7 nitrogen and oxygen atoms in total. The summed E-state index contributed by atoms with van der Waals surface area (Å²) in [6.07, 6.45) is 3.54. The summed E-state index contributed by atoms with van der Waals surface area (Å²) in [6.45, 7) is 2.89. The normalized spacial score (nSPS) is 15.1. The average Bonchev–Trinajstić information content (AvgIpc) is 3.43. The molecule has 2 aromatic heterocycles. The van der Waals surface area contributed by atoms with Crippen LogP contribution in [0.5, 0.6) is 0 Å². The number of anilines is 1. The molecule has 1 aliphatic heterocycles. The quantitative estimate of drug-likeness (QED) is 0.608. The number of hydrogen-bond acceptors (Lipinski definition) is 6. The highest BCUT2D eigenvalue weighted by Crippen LogP contribution is 2.18. The van der Waals surface area contributed by atoms with Crippen LogP contribution in [0.25, 0.3) is 0 Å². The first-order valence-electron chi connectivity index (χ1n) is 10.0. The van der Waals surface area contributed by atoms with Crippen molar-refractivity contribution in [3.63, 3.8) is 0 Å². The van der Waals surface area contributed by atoms with Gasteiger partial charge in [0.25, 0.3) is 5.91 Å². The molecule has 0 radical (unpaired) electrons. The Morgan fingerprint density at radius 1 is 1.13 bits per heavy atom. The number of carbonyl (C=O) groups excluding carboxylic acids is 2. The van der Waals surface area contributed by atoms with Gasteiger partial charge in [0.15, 0.2) is 10.9 Å². The van der Waals surface area contributed by atoms with E-state index in [2.05, 4.69) is 44.8 Å². The zero-order valence-electron chi connectivity index (χ0n) is 16.5. The summed E-state index contributed by atoms with van der Waals surface area (Å²) in [5.41, 5.74) is 1.97. The van der Waals surface area contributed by atoms with Gasteiger partial charge in [0.2, 0.25) is 5.91 Å². The summed E-state index contributed by atoms with van der Waals surface area (Å²) in [5.74, 6) is -0.165. The van der Waals surface area contributed by atoms with E-state index in [1.54, 1.807) is 17.5 Å². The maximum absolute atomic E-state index is 12.4. The van der Waals surface area contributed by atoms with E-state index in [1.807, 2.05) is 6.07 Å². The van der Waals surface area contributed by atoms with Gasteiger partial charge in [0.05, 0.1) is 18.4 Å². The lowest BCUT2D eigenvalue weighted by atomic mass is 10.0. The first-order valence-corrected chi connectivity index (χ1v) is 10.9. The van der Waals surface area contributed by atoms with Crippen LogP contribution < -0.4 is 10.6 Å². The molecule has 0 saturated carbocycles. The number of nitrogens with zero attached hydrogens (tertiary/aromatic N) is 2. The molecule has 4 rings (SSSR count). The van der Waals surface area contributed by atoms with Gasteiger partial charge < -0.3 is 9.73 Å². The van der Waals surface area contributed by atoms with E-state index in [9.17, 15) is 9.59 Å². The predicted octanol–water partition coefficient (Wildman–Crippen LogP) is 3.31. The summed E-state index contributed by atoms with van der Waals surface area (Å²) in [5, 5.41) is 8.05. The molecule has 0 bridgehead atoms. The first kappa shape index (κ1) is 20.3. The Labute approximate surface area is 179 Å². The van der Waals surface area contributed by atoms with E-state index < -0.39 is 0 Å². The molecule has 0 aliphatic carbocycles. The van der Waals surface area contributed by atoms with Crippen LogP contribution in [0.1, 0.15) is 34.7 Å². The summed E-state index contributed by atoms with van der Waals surface area (Å²) >= 11 is 1.29. The molecular formula is C22H24N4O3S. The van der Waals surface area contributed by atoms with Gasteiger partial charge in [-0.3, -0.25) is 19.8 Å². The first-order chi connectivity index (χ1) is 14.7. The van der Waals surface area contributed by atoms with E-state index in [1.165, 1.54) is 23.2 Å². The average molecular weight is 425 g/mol. The molecule has 2 N–H and O–H groups in total. The van der Waals surface area contributed by atoms with Crippen LogP contribution in [0.15, 0.2) is 58.5 Å². The lowest BCUT2D eigenvalue weighted by Crippen LogP contribution is -2.44. The number of hydrogen-bond donors (Lipinski definition) is 2. The monoisotopic (exact) mass is 424 g/mol. The molecular weight excluding hydrogens is 400 g/mol. The number of nitrogens with one attached hydrogen (secondary N) is 2. The van der Waals surface area contributed by atoms with Crippen molar-refractivity contribution in [2.24, 2.45) is 0 Å². The van der Waals surface area contributed by atoms with Crippen molar-refractivity contribution in [2.45, 2.75) is 31.8 Å². The number of thiazole rings is 1. The molecule has 1 saturated heterocycles. The molecule has 1 fully saturated rings. The smallest absolute Gasteiger partial charge is 0.293 e. The zero-order valence-corrected chi connectivity index (χ0v) is 17.4. The Morgan fingerprint density at radius 3 is 2.67 bits per heavy atom. The number of piperidine rings is 1. The maximum atomic E-state index is 12.4. The van der Waals surface area contributed by atoms with Gasteiger partial charge in [-0.15, -0.1) is 11.3 Å². The van der Waals surface area contributed by atoms with Crippen LogP contribution in [0, 0.1) is 0 Å². The Balaban J connectivity index is 1.20. The zero-order chi connectivity index (χ0) is 20.8. The predicted molar refractivity (Wildman–Crippen MR) is 115 cm³/mol. The van der Waals surface area contributed by atoms with Crippen molar-refractivity contribution in [3.8, 4) is 0 Å². The van der Waals surface area contributed by atoms with Gasteiger partial charge in [-0.2, -0.15) is 0 Å². The van der Waals surface area contributed by atoms with Crippen LogP contribution >= 0.6 is 11.3 Å². The van der Waals surface area contributed by atoms with E-state index in [0.717, 1.165) is 32.5 Å². The number of carbonyl (C=O) groups is 2. The summed E-state index contributed by atoms with van der Waals surface area (Å²) < 4.78 is 5.06. The molecule has 156 valence electrons. The van der Waals surface area contributed by atoms with Gasteiger partial charge in [0, 0.05) is 31.1 Å². The highest BCUT2D eigenvalue weighted by Gasteiger charge is 2.21. The largest absolute Gasteiger partial charge is 0.459 e. The van der Waals surface area contributed by atoms with Crippen molar-refractivity contribution in [1.29, 1.82) is 0 Å². The third-order valence-electron chi connectivity index (χ3n) is 5.06. The fourth-order valence-electron chi connectivity index (χ4n) is 3.53. The van der Waals surface area contributed by atoms with E-state index in [0.29, 0.717) is 10.8 Å². The van der Waals surface area contributed by atoms with Crippen LogP contribution in [-0.4, -0.2) is 40.8 Å². The maximum Gasteiger partial charge on any atom is 0.293 e. The van der Waals surface area contributed by atoms with E-state index in [-0.39, 0.29) is 30.0 Å². The standard InChI is InChI=1S/C22H24N4O3S/c27-20(13-18-15-30-22(24-18)25-21(28)19-7-4-12-29-19)23-17-8-10-26(11-9-17)14-16-5-2-1-3-6-16/h1-7,12,15,17H,8-11,13-14H2,(H,23,27)(H,24,25,28). The van der Waals surface area contributed by atoms with Crippen LogP contribution in [0.2, 0.25) is 0 Å². The molecule has 1 aliphatic rings. The fraction of sp³-hybridized carbons (Fsp3) is 0.318. The number of aromatic nitrogens is 1. The lowest BCUT2D eigenvalue weighted by molar-refractivity contribution is -0.121. The molecule has 30 heavy (non-hydrogen) atoms. The molecule has 3 aromatic rings. The Morgan fingerprint density at radius 2 is 1.93 bits per heavy atom. The summed E-state index contributed by atoms with van der Waals surface area (Å²) in [7, 11) is 0. The van der Waals surface area contributed by atoms with Gasteiger partial charge in [0.1, 0.15) is 0 Å². The van der Waals surface area contributed by atoms with Gasteiger partial charge >= 0.3 is 0 Å². The van der Waals surface area contributed by atoms with Crippen molar-refractivity contribution >= 4 is 28.3 Å². The molecule has 0 atom stereocenters. The van der Waals surface area contributed by atoms with E-state index >= 15 is 0 Å². The van der Waals surface area contributed by atoms with Gasteiger partial charge in [-0.1, -0.05) is 30.3 Å². The second-order valence-electron chi connectivity index (χ2n) is 7.36. The highest BCUT2D eigenvalue weighted by molar-refractivity contribution is 7.14. The fourth-order valence-corrected chi connectivity index (χ4v) is 4.24. The Hall–Kier alpha value is -2.97. The minimum Gasteiger partial charge on any atom is -0.459 e. The van der Waals surface area contributed by atoms with Crippen molar-refractivity contribution < 1.29 is 14.0 Å². The summed E-state index contributed by atoms with van der Waals surface area (Å²) in [4.78, 5) is 31.1. The molecule has 0 spiro atoms. The van der Waals surface area contributed by atoms with Crippen molar-refractivity contribution in [2.75, 3.05) is 18.4 Å². The second kappa shape index (κ2) is 9.69. The summed E-state index contributed by atoms with van der Waals surface area (Å²) in [6, 6.07) is 13.9. The number of likely N-dealkylation sites (tertiary alicyclic amines) is 1. The second-order valence-corrected chi connectivity index (χ2v) is 8.21. The number of amides is 2. The van der Waals surface area contributed by atoms with Gasteiger partial charge in [-0.05, 0) is 30.5 Å². The van der Waals surface area contributed by atoms with Crippen molar-refractivity contribution in [3.05, 3.63) is 71.1 Å². The highest BCUT2D eigenvalue weighted by atomic mass is 32.1. The lowest BCUT2D eigenvalue weighted by Gasteiger charge is -2.32. The van der Waals surface area contributed by atoms with Crippen LogP contribution in [0.3, 0.4) is 0 Å². The van der Waals surface area contributed by atoms with Gasteiger partial charge in [-0.25, -0.2) is 4.98 Å². The molecule has 3 heterocycles. The molecule has 1 aromatic carbocycles.